The van der Waals surface area contributed by atoms with Gasteiger partial charge in [-0.25, -0.2) is 4.68 Å². The van der Waals surface area contributed by atoms with Gasteiger partial charge in [0.15, 0.2) is 0 Å². The van der Waals surface area contributed by atoms with Crippen LogP contribution in [0.2, 0.25) is 5.02 Å². The zero-order valence-electron chi connectivity index (χ0n) is 10.5. The predicted molar refractivity (Wildman–Crippen MR) is 70.0 cm³/mol. The van der Waals surface area contributed by atoms with E-state index in [1.165, 1.54) is 6.20 Å². The number of nitrogens with zero attached hydrogens (tertiary/aromatic N) is 2. The minimum absolute atomic E-state index is 0.00496. The summed E-state index contributed by atoms with van der Waals surface area (Å²) in [4.78, 5) is 11.7. The first-order valence-electron chi connectivity index (χ1n) is 5.74. The highest BCUT2D eigenvalue weighted by Gasteiger charge is 2.18. The van der Waals surface area contributed by atoms with Crippen LogP contribution in [-0.4, -0.2) is 38.7 Å². The van der Waals surface area contributed by atoms with Gasteiger partial charge in [0.2, 0.25) is 0 Å². The molecule has 1 heterocycles. The van der Waals surface area contributed by atoms with Gasteiger partial charge in [-0.15, -0.1) is 0 Å². The van der Waals surface area contributed by atoms with Crippen molar-refractivity contribution in [3.05, 3.63) is 21.6 Å². The average Bonchev–Trinajstić information content (AvgIpc) is 2.34. The van der Waals surface area contributed by atoms with E-state index >= 15 is 0 Å². The van der Waals surface area contributed by atoms with E-state index in [9.17, 15) is 9.90 Å². The van der Waals surface area contributed by atoms with E-state index in [1.807, 2.05) is 6.92 Å². The molecule has 0 amide bonds. The molecule has 0 spiro atoms. The SMILES string of the molecule is CCC(C)(O)CNc1cnn(CCO)c(=O)c1Cl. The molecule has 7 heteroatoms. The first-order chi connectivity index (χ1) is 8.41. The van der Waals surface area contributed by atoms with E-state index < -0.39 is 11.2 Å². The molecule has 0 saturated heterocycles. The number of aliphatic hydroxyl groups is 2. The van der Waals surface area contributed by atoms with Crippen LogP contribution < -0.4 is 10.9 Å². The van der Waals surface area contributed by atoms with E-state index in [-0.39, 0.29) is 24.7 Å². The maximum Gasteiger partial charge on any atom is 0.287 e. The Morgan fingerprint density at radius 2 is 2.28 bits per heavy atom. The summed E-state index contributed by atoms with van der Waals surface area (Å²) in [5, 5.41) is 25.4. The van der Waals surface area contributed by atoms with Gasteiger partial charge in [-0.1, -0.05) is 18.5 Å². The molecule has 0 bridgehead atoms. The number of aromatic nitrogens is 2. The van der Waals surface area contributed by atoms with Gasteiger partial charge in [0.1, 0.15) is 5.02 Å². The van der Waals surface area contributed by atoms with Crippen LogP contribution in [0.1, 0.15) is 20.3 Å². The van der Waals surface area contributed by atoms with Crippen LogP contribution in [0.15, 0.2) is 11.0 Å². The molecule has 102 valence electrons. The van der Waals surface area contributed by atoms with Crippen LogP contribution in [0.25, 0.3) is 0 Å². The second-order valence-electron chi connectivity index (χ2n) is 4.33. The minimum Gasteiger partial charge on any atom is -0.394 e. The lowest BCUT2D eigenvalue weighted by atomic mass is 10.0. The Morgan fingerprint density at radius 3 is 2.83 bits per heavy atom. The number of nitrogens with one attached hydrogen (secondary N) is 1. The van der Waals surface area contributed by atoms with Crippen molar-refractivity contribution in [3.8, 4) is 0 Å². The summed E-state index contributed by atoms with van der Waals surface area (Å²) in [5.41, 5.74) is -0.958. The van der Waals surface area contributed by atoms with Crippen molar-refractivity contribution in [3.63, 3.8) is 0 Å². The summed E-state index contributed by atoms with van der Waals surface area (Å²) in [7, 11) is 0. The van der Waals surface area contributed by atoms with Crippen molar-refractivity contribution >= 4 is 17.3 Å². The van der Waals surface area contributed by atoms with Gasteiger partial charge in [-0.2, -0.15) is 5.10 Å². The normalized spacial score (nSPS) is 14.3. The van der Waals surface area contributed by atoms with Crippen LogP contribution in [0.5, 0.6) is 0 Å². The summed E-state index contributed by atoms with van der Waals surface area (Å²) >= 11 is 5.91. The van der Waals surface area contributed by atoms with Crippen molar-refractivity contribution in [1.29, 1.82) is 0 Å². The fraction of sp³-hybridized carbons (Fsp3) is 0.636. The Labute approximate surface area is 110 Å². The molecule has 0 aliphatic heterocycles. The third kappa shape index (κ3) is 3.69. The topological polar surface area (TPSA) is 87.4 Å². The van der Waals surface area contributed by atoms with Crippen LogP contribution in [-0.2, 0) is 6.54 Å². The number of anilines is 1. The number of halogens is 1. The van der Waals surface area contributed by atoms with Gasteiger partial charge in [0.25, 0.3) is 5.56 Å². The van der Waals surface area contributed by atoms with Crippen LogP contribution >= 0.6 is 11.6 Å². The summed E-state index contributed by atoms with van der Waals surface area (Å²) in [6.07, 6.45) is 1.98. The lowest BCUT2D eigenvalue weighted by Crippen LogP contribution is -2.33. The first-order valence-corrected chi connectivity index (χ1v) is 6.12. The maximum absolute atomic E-state index is 11.7. The van der Waals surface area contributed by atoms with Crippen molar-refractivity contribution in [2.75, 3.05) is 18.5 Å². The van der Waals surface area contributed by atoms with E-state index in [0.717, 1.165) is 4.68 Å². The molecule has 0 aliphatic rings. The largest absolute Gasteiger partial charge is 0.394 e. The standard InChI is InChI=1S/C11H18ClN3O3/c1-3-11(2,18)7-13-8-6-14-15(4-5-16)10(17)9(8)12/h6,13,16,18H,3-5,7H2,1-2H3. The zero-order chi connectivity index (χ0) is 13.8. The van der Waals surface area contributed by atoms with Crippen molar-refractivity contribution < 1.29 is 10.2 Å². The number of rotatable bonds is 6. The molecule has 1 rings (SSSR count). The molecule has 1 atom stereocenters. The fourth-order valence-corrected chi connectivity index (χ4v) is 1.47. The lowest BCUT2D eigenvalue weighted by molar-refractivity contribution is 0.0697. The van der Waals surface area contributed by atoms with E-state index in [1.54, 1.807) is 6.92 Å². The van der Waals surface area contributed by atoms with E-state index in [0.29, 0.717) is 12.1 Å². The Kier molecular flexibility index (Phi) is 5.13. The molecule has 0 fully saturated rings. The summed E-state index contributed by atoms with van der Waals surface area (Å²) in [6.45, 7) is 3.75. The van der Waals surface area contributed by atoms with Crippen LogP contribution in [0, 0.1) is 0 Å². The Balaban J connectivity index is 2.86. The van der Waals surface area contributed by atoms with Gasteiger partial charge < -0.3 is 15.5 Å². The monoisotopic (exact) mass is 275 g/mol. The van der Waals surface area contributed by atoms with Crippen molar-refractivity contribution in [2.24, 2.45) is 0 Å². The molecule has 6 nitrogen and oxygen atoms in total. The zero-order valence-corrected chi connectivity index (χ0v) is 11.2. The average molecular weight is 276 g/mol. The molecule has 3 N–H and O–H groups in total. The highest BCUT2D eigenvalue weighted by molar-refractivity contribution is 6.32. The van der Waals surface area contributed by atoms with Gasteiger partial charge >= 0.3 is 0 Å². The summed E-state index contributed by atoms with van der Waals surface area (Å²) in [6, 6.07) is 0. The summed E-state index contributed by atoms with van der Waals surface area (Å²) in [5.74, 6) is 0. The van der Waals surface area contributed by atoms with Gasteiger partial charge in [-0.3, -0.25) is 4.79 Å². The van der Waals surface area contributed by atoms with Gasteiger partial charge in [0.05, 0.1) is 30.6 Å². The molecule has 0 aromatic carbocycles. The summed E-state index contributed by atoms with van der Waals surface area (Å²) < 4.78 is 1.09. The third-order valence-corrected chi connectivity index (χ3v) is 3.08. The van der Waals surface area contributed by atoms with E-state index in [2.05, 4.69) is 10.4 Å². The maximum atomic E-state index is 11.7. The Hall–Kier alpha value is -1.11. The van der Waals surface area contributed by atoms with Gasteiger partial charge in [-0.05, 0) is 13.3 Å². The minimum atomic E-state index is -0.872. The number of hydrogen-bond donors (Lipinski definition) is 3. The highest BCUT2D eigenvalue weighted by Crippen LogP contribution is 2.17. The second-order valence-corrected chi connectivity index (χ2v) is 4.71. The molecule has 1 aromatic rings. The molecule has 1 aromatic heterocycles. The fourth-order valence-electron chi connectivity index (χ4n) is 1.25. The molecular formula is C11H18ClN3O3. The van der Waals surface area contributed by atoms with Crippen LogP contribution in [0.4, 0.5) is 5.69 Å². The molecule has 0 aliphatic carbocycles. The number of hydrogen-bond acceptors (Lipinski definition) is 5. The Morgan fingerprint density at radius 1 is 1.61 bits per heavy atom. The smallest absolute Gasteiger partial charge is 0.287 e. The number of aliphatic hydroxyl groups excluding tert-OH is 1. The lowest BCUT2D eigenvalue weighted by Gasteiger charge is -2.22. The molecule has 1 unspecified atom stereocenters. The molecule has 0 radical (unpaired) electrons. The van der Waals surface area contributed by atoms with Crippen LogP contribution in [0.3, 0.4) is 0 Å². The quantitative estimate of drug-likeness (QED) is 0.702. The van der Waals surface area contributed by atoms with Crippen molar-refractivity contribution in [1.82, 2.24) is 9.78 Å². The van der Waals surface area contributed by atoms with Crippen molar-refractivity contribution in [2.45, 2.75) is 32.4 Å². The Bertz CT molecular complexity index is 459. The second kappa shape index (κ2) is 6.17. The molecule has 0 saturated carbocycles. The van der Waals surface area contributed by atoms with E-state index in [4.69, 9.17) is 16.7 Å². The molecular weight excluding hydrogens is 258 g/mol. The predicted octanol–water partition coefficient (Wildman–Crippen LogP) is 0.462. The molecule has 18 heavy (non-hydrogen) atoms. The third-order valence-electron chi connectivity index (χ3n) is 2.72. The highest BCUT2D eigenvalue weighted by atomic mass is 35.5. The first kappa shape index (κ1) is 14.9. The van der Waals surface area contributed by atoms with Gasteiger partial charge in [0, 0.05) is 6.54 Å².